The van der Waals surface area contributed by atoms with Crippen LogP contribution < -0.4 is 9.93 Å². The van der Waals surface area contributed by atoms with Gasteiger partial charge in [-0.2, -0.15) is 0 Å². The topological polar surface area (TPSA) is 25.4 Å². The Morgan fingerprint density at radius 2 is 1.50 bits per heavy atom. The number of fused-ring (bicyclic) bond motifs is 1. The molecule has 1 aromatic heterocycles. The van der Waals surface area contributed by atoms with E-state index in [1.807, 2.05) is 42.5 Å². The molecule has 3 nitrogen and oxygen atoms in total. The first-order chi connectivity index (χ1) is 13.3. The molecular weight excluding hydrogens is 396 g/mol. The number of rotatable bonds is 1. The summed E-state index contributed by atoms with van der Waals surface area (Å²) in [5.41, 5.74) is 1.91. The molecule has 3 aromatic rings. The number of para-hydroxylation sites is 1. The van der Waals surface area contributed by atoms with Gasteiger partial charge < -0.3 is 26.4 Å². The SMILES string of the molecule is Clc1ccc(-c2cc(=[N+]3CCOCC3)c3ccccc3o2)cc1.F[B-](F)(F)F. The van der Waals surface area contributed by atoms with E-state index in [0.29, 0.717) is 0 Å². The van der Waals surface area contributed by atoms with Gasteiger partial charge in [0.1, 0.15) is 24.6 Å². The first kappa shape index (κ1) is 20.4. The van der Waals surface area contributed by atoms with Gasteiger partial charge in [0.2, 0.25) is 5.36 Å². The standard InChI is InChI=1S/C19H17ClNO2.BF4/c20-15-7-5-14(6-8-15)19-13-17(21-9-11-22-12-10-21)16-3-1-2-4-18(16)23-19;2-1(3,4)5/h1-8,13H,9-12H2;/q+1;-1. The van der Waals surface area contributed by atoms with Crippen molar-refractivity contribution in [2.75, 3.05) is 26.3 Å². The Kier molecular flexibility index (Phi) is 6.41. The van der Waals surface area contributed by atoms with Gasteiger partial charge in [-0.15, -0.1) is 0 Å². The van der Waals surface area contributed by atoms with Gasteiger partial charge >= 0.3 is 7.25 Å². The summed E-state index contributed by atoms with van der Waals surface area (Å²) in [6.07, 6.45) is 0. The molecule has 0 aliphatic carbocycles. The van der Waals surface area contributed by atoms with Crippen molar-refractivity contribution in [3.8, 4) is 11.3 Å². The third-order valence-electron chi connectivity index (χ3n) is 4.13. The van der Waals surface area contributed by atoms with Crippen LogP contribution >= 0.6 is 11.6 Å². The molecule has 0 atom stereocenters. The van der Waals surface area contributed by atoms with Gasteiger partial charge in [0.15, 0.2) is 13.1 Å². The molecule has 0 radical (unpaired) electrons. The molecule has 1 aliphatic rings. The van der Waals surface area contributed by atoms with Crippen molar-refractivity contribution in [2.45, 2.75) is 0 Å². The molecule has 0 bridgehead atoms. The molecule has 28 heavy (non-hydrogen) atoms. The lowest BCUT2D eigenvalue weighted by molar-refractivity contribution is 0.0967. The maximum absolute atomic E-state index is 9.75. The number of hydrogen-bond donors (Lipinski definition) is 0. The quantitative estimate of drug-likeness (QED) is 0.324. The molecule has 2 heterocycles. The van der Waals surface area contributed by atoms with Gasteiger partial charge in [0, 0.05) is 10.6 Å². The summed E-state index contributed by atoms with van der Waals surface area (Å²) in [6, 6.07) is 18.0. The highest BCUT2D eigenvalue weighted by Gasteiger charge is 2.20. The van der Waals surface area contributed by atoms with Gasteiger partial charge in [-0.25, -0.2) is 4.58 Å². The highest BCUT2D eigenvalue weighted by atomic mass is 35.5. The second-order valence-corrected chi connectivity index (χ2v) is 6.53. The van der Waals surface area contributed by atoms with Crippen LogP contribution in [0.2, 0.25) is 5.02 Å². The minimum Gasteiger partial charge on any atom is -0.456 e. The minimum atomic E-state index is -6.00. The van der Waals surface area contributed by atoms with E-state index in [1.165, 1.54) is 5.36 Å². The van der Waals surface area contributed by atoms with Crippen molar-refractivity contribution >= 4 is 29.8 Å². The molecule has 0 saturated carbocycles. The highest BCUT2D eigenvalue weighted by Crippen LogP contribution is 2.23. The molecule has 0 unspecified atom stereocenters. The van der Waals surface area contributed by atoms with Crippen LogP contribution in [0.1, 0.15) is 0 Å². The summed E-state index contributed by atoms with van der Waals surface area (Å²) in [5.74, 6) is 0.849. The molecule has 1 aliphatic heterocycles. The second kappa shape index (κ2) is 8.79. The smallest absolute Gasteiger partial charge is 0.456 e. The Bertz CT molecular complexity index is 1000. The van der Waals surface area contributed by atoms with Crippen LogP contribution in [0, 0.1) is 0 Å². The van der Waals surface area contributed by atoms with Crippen LogP contribution in [0.5, 0.6) is 0 Å². The fourth-order valence-corrected chi connectivity index (χ4v) is 3.07. The van der Waals surface area contributed by atoms with E-state index in [9.17, 15) is 17.3 Å². The van der Waals surface area contributed by atoms with Gasteiger partial charge in [0.25, 0.3) is 0 Å². The van der Waals surface area contributed by atoms with E-state index in [4.69, 9.17) is 20.8 Å². The lowest BCUT2D eigenvalue weighted by Crippen LogP contribution is -2.40. The van der Waals surface area contributed by atoms with Gasteiger partial charge in [-0.1, -0.05) is 23.7 Å². The van der Waals surface area contributed by atoms with Gasteiger partial charge in [-0.05, 0) is 36.4 Å². The second-order valence-electron chi connectivity index (χ2n) is 6.09. The maximum Gasteiger partial charge on any atom is 0.673 e. The summed E-state index contributed by atoms with van der Waals surface area (Å²) in [5, 5.41) is 3.05. The van der Waals surface area contributed by atoms with E-state index in [1.54, 1.807) is 0 Å². The Balaban J connectivity index is 0.000000403. The van der Waals surface area contributed by atoms with E-state index in [-0.39, 0.29) is 0 Å². The number of ether oxygens (including phenoxy) is 1. The minimum absolute atomic E-state index is 0.725. The lowest BCUT2D eigenvalue weighted by atomic mass is 10.1. The van der Waals surface area contributed by atoms with Crippen LogP contribution in [0.4, 0.5) is 17.3 Å². The third-order valence-corrected chi connectivity index (χ3v) is 4.38. The molecule has 9 heteroatoms. The van der Waals surface area contributed by atoms with Crippen LogP contribution in [-0.2, 0) is 4.74 Å². The summed E-state index contributed by atoms with van der Waals surface area (Å²) in [6.45, 7) is 3.31. The summed E-state index contributed by atoms with van der Waals surface area (Å²) in [7, 11) is -6.00. The van der Waals surface area contributed by atoms with Crippen molar-refractivity contribution in [1.82, 2.24) is 4.58 Å². The van der Waals surface area contributed by atoms with Crippen molar-refractivity contribution in [3.05, 3.63) is 65.0 Å². The average molecular weight is 414 g/mol. The van der Waals surface area contributed by atoms with Gasteiger partial charge in [0.05, 0.1) is 11.5 Å². The van der Waals surface area contributed by atoms with Gasteiger partial charge in [-0.3, -0.25) is 0 Å². The average Bonchev–Trinajstić information content (AvgIpc) is 2.67. The summed E-state index contributed by atoms with van der Waals surface area (Å²) < 4.78 is 53.0. The molecule has 1 saturated heterocycles. The van der Waals surface area contributed by atoms with Crippen molar-refractivity contribution < 1.29 is 26.4 Å². The van der Waals surface area contributed by atoms with Crippen LogP contribution in [0.15, 0.2) is 59.0 Å². The highest BCUT2D eigenvalue weighted by molar-refractivity contribution is 6.50. The zero-order chi connectivity index (χ0) is 20.1. The predicted octanol–water partition coefficient (Wildman–Crippen LogP) is 4.86. The molecule has 0 spiro atoms. The Labute approximate surface area is 163 Å². The fraction of sp³-hybridized carbons (Fsp3) is 0.211. The monoisotopic (exact) mass is 413 g/mol. The predicted molar refractivity (Wildman–Crippen MR) is 103 cm³/mol. The number of nitrogens with zero attached hydrogens (tertiary/aromatic N) is 1. The fourth-order valence-electron chi connectivity index (χ4n) is 2.94. The molecule has 2 aromatic carbocycles. The van der Waals surface area contributed by atoms with Crippen LogP contribution in [-0.4, -0.2) is 33.6 Å². The first-order valence-corrected chi connectivity index (χ1v) is 9.01. The van der Waals surface area contributed by atoms with Crippen molar-refractivity contribution in [1.29, 1.82) is 0 Å². The number of halogens is 5. The first-order valence-electron chi connectivity index (χ1n) is 8.63. The molecule has 0 amide bonds. The van der Waals surface area contributed by atoms with E-state index >= 15 is 0 Å². The van der Waals surface area contributed by atoms with Crippen LogP contribution in [0.25, 0.3) is 22.3 Å². The molecule has 0 N–H and O–H groups in total. The number of hydrogen-bond acceptors (Lipinski definition) is 2. The van der Waals surface area contributed by atoms with E-state index < -0.39 is 7.25 Å². The Hall–Kier alpha value is -2.32. The Morgan fingerprint density at radius 3 is 2.14 bits per heavy atom. The van der Waals surface area contributed by atoms with E-state index in [2.05, 4.69) is 16.7 Å². The van der Waals surface area contributed by atoms with Crippen LogP contribution in [0.3, 0.4) is 0 Å². The van der Waals surface area contributed by atoms with Crippen molar-refractivity contribution in [3.63, 3.8) is 0 Å². The zero-order valence-electron chi connectivity index (χ0n) is 14.8. The number of benzene rings is 2. The number of morpholine rings is 1. The van der Waals surface area contributed by atoms with E-state index in [0.717, 1.165) is 53.6 Å². The Morgan fingerprint density at radius 1 is 0.893 bits per heavy atom. The normalized spacial score (nSPS) is 14.5. The molecule has 148 valence electrons. The van der Waals surface area contributed by atoms with Crippen molar-refractivity contribution in [2.24, 2.45) is 0 Å². The lowest BCUT2D eigenvalue weighted by Gasteiger charge is -2.12. The summed E-state index contributed by atoms with van der Waals surface area (Å²) in [4.78, 5) is 0. The zero-order valence-corrected chi connectivity index (χ0v) is 15.5. The molecule has 4 rings (SSSR count). The summed E-state index contributed by atoms with van der Waals surface area (Å²) >= 11 is 5.99. The maximum atomic E-state index is 9.75. The third kappa shape index (κ3) is 5.59. The molecule has 1 fully saturated rings. The largest absolute Gasteiger partial charge is 0.673 e. The molecular formula is C19H17BClF4NO2.